The average molecular weight is 287 g/mol. The number of nitrogens with zero attached hydrogens (tertiary/aromatic N) is 2. The number of nitrogens with one attached hydrogen (secondary N) is 1. The summed E-state index contributed by atoms with van der Waals surface area (Å²) in [7, 11) is 0. The molecule has 2 aromatic rings. The Hall–Kier alpha value is -2.70. The Morgan fingerprint density at radius 2 is 2.24 bits per heavy atom. The summed E-state index contributed by atoms with van der Waals surface area (Å²) in [4.78, 5) is 38.4. The molecule has 0 saturated carbocycles. The first-order valence-electron chi connectivity index (χ1n) is 6.56. The third-order valence-corrected chi connectivity index (χ3v) is 3.77. The maximum atomic E-state index is 12.0. The van der Waals surface area contributed by atoms with Gasteiger partial charge in [-0.1, -0.05) is 5.18 Å². The molecule has 1 aliphatic heterocycles. The molecule has 3 rings (SSSR count). The highest BCUT2D eigenvalue weighted by Gasteiger charge is 2.23. The van der Waals surface area contributed by atoms with Crippen LogP contribution in [-0.4, -0.2) is 35.2 Å². The van der Waals surface area contributed by atoms with Crippen LogP contribution in [0, 0.1) is 4.91 Å². The second-order valence-corrected chi connectivity index (χ2v) is 5.06. The van der Waals surface area contributed by atoms with Crippen molar-refractivity contribution in [3.63, 3.8) is 0 Å². The third-order valence-electron chi connectivity index (χ3n) is 3.77. The molecule has 7 nitrogen and oxygen atoms in total. The lowest BCUT2D eigenvalue weighted by Crippen LogP contribution is -2.21. The number of hydrogen-bond acceptors (Lipinski definition) is 5. The van der Waals surface area contributed by atoms with Gasteiger partial charge in [0.1, 0.15) is 11.6 Å². The zero-order valence-corrected chi connectivity index (χ0v) is 11.1. The van der Waals surface area contributed by atoms with Gasteiger partial charge in [-0.3, -0.25) is 4.79 Å². The van der Waals surface area contributed by atoms with Crippen molar-refractivity contribution in [2.75, 3.05) is 18.0 Å². The van der Waals surface area contributed by atoms with Gasteiger partial charge in [-0.25, -0.2) is 4.79 Å². The van der Waals surface area contributed by atoms with Crippen LogP contribution in [0.25, 0.3) is 10.9 Å². The molecule has 0 amide bonds. The number of aromatic nitrogens is 1. The van der Waals surface area contributed by atoms with Gasteiger partial charge in [-0.15, -0.1) is 0 Å². The number of fused-ring (bicyclic) bond motifs is 1. The predicted octanol–water partition coefficient (Wildman–Crippen LogP) is 1.57. The molecule has 0 bridgehead atoms. The number of benzene rings is 1. The zero-order chi connectivity index (χ0) is 15.0. The molecule has 1 atom stereocenters. The summed E-state index contributed by atoms with van der Waals surface area (Å²) < 4.78 is 0. The van der Waals surface area contributed by atoms with Crippen molar-refractivity contribution in [1.29, 1.82) is 0 Å². The van der Waals surface area contributed by atoms with Gasteiger partial charge < -0.3 is 15.0 Å². The Labute approximate surface area is 119 Å². The van der Waals surface area contributed by atoms with Gasteiger partial charge in [-0.2, -0.15) is 4.91 Å². The fourth-order valence-corrected chi connectivity index (χ4v) is 2.63. The molecule has 7 heteroatoms. The van der Waals surface area contributed by atoms with E-state index >= 15 is 0 Å². The highest BCUT2D eigenvalue weighted by Crippen LogP contribution is 2.24. The van der Waals surface area contributed by atoms with E-state index in [4.69, 9.17) is 5.11 Å². The number of aromatic carboxylic acids is 1. The number of hydrogen-bond donors (Lipinski definition) is 2. The molecule has 2 heterocycles. The molecule has 1 fully saturated rings. The van der Waals surface area contributed by atoms with Crippen LogP contribution in [0.5, 0.6) is 0 Å². The first kappa shape index (κ1) is 13.3. The number of anilines is 1. The Balaban J connectivity index is 2.02. The van der Waals surface area contributed by atoms with Crippen molar-refractivity contribution in [3.05, 3.63) is 45.1 Å². The lowest BCUT2D eigenvalue weighted by molar-refractivity contribution is 0.0695. The number of pyridine rings is 1. The molecule has 108 valence electrons. The van der Waals surface area contributed by atoms with E-state index in [9.17, 15) is 14.5 Å². The van der Waals surface area contributed by atoms with Gasteiger partial charge in [0.05, 0.1) is 5.52 Å². The number of H-pyrrole nitrogens is 1. The number of nitroso groups, excluding NO2 is 1. The third kappa shape index (κ3) is 2.26. The highest BCUT2D eigenvalue weighted by molar-refractivity contribution is 5.93. The Morgan fingerprint density at radius 3 is 2.90 bits per heavy atom. The summed E-state index contributed by atoms with van der Waals surface area (Å²) >= 11 is 0. The largest absolute Gasteiger partial charge is 0.477 e. The lowest BCUT2D eigenvalue weighted by Gasteiger charge is -2.18. The van der Waals surface area contributed by atoms with E-state index in [-0.39, 0.29) is 11.6 Å². The van der Waals surface area contributed by atoms with E-state index in [1.807, 2.05) is 4.90 Å². The van der Waals surface area contributed by atoms with Crippen LogP contribution < -0.4 is 10.3 Å². The van der Waals surface area contributed by atoms with Gasteiger partial charge in [0.25, 0.3) is 0 Å². The number of rotatable bonds is 3. The normalized spacial score (nSPS) is 18.1. The second-order valence-electron chi connectivity index (χ2n) is 5.06. The van der Waals surface area contributed by atoms with E-state index in [2.05, 4.69) is 10.2 Å². The standard InChI is InChI=1S/C14H13N3O4/c18-13-10-2-1-9(17-4-3-8(7-17)16-21)5-12(10)15-6-11(13)14(19)20/h1-2,5-6,8H,3-4,7H2,(H,15,18)(H,19,20). The predicted molar refractivity (Wildman–Crippen MR) is 77.9 cm³/mol. The molecule has 0 spiro atoms. The number of carboxylic acids is 1. The van der Waals surface area contributed by atoms with Crippen LogP contribution in [0.1, 0.15) is 16.8 Å². The molecule has 21 heavy (non-hydrogen) atoms. The first-order valence-corrected chi connectivity index (χ1v) is 6.56. The van der Waals surface area contributed by atoms with Crippen molar-refractivity contribution >= 4 is 22.6 Å². The van der Waals surface area contributed by atoms with Crippen LogP contribution >= 0.6 is 0 Å². The fraction of sp³-hybridized carbons (Fsp3) is 0.286. The first-order chi connectivity index (χ1) is 10.1. The number of aromatic amines is 1. The molecular weight excluding hydrogens is 274 g/mol. The minimum atomic E-state index is -1.25. The summed E-state index contributed by atoms with van der Waals surface area (Å²) in [6, 6.07) is 4.96. The maximum absolute atomic E-state index is 12.0. The minimum absolute atomic E-state index is 0.200. The van der Waals surface area contributed by atoms with Crippen molar-refractivity contribution in [2.45, 2.75) is 12.5 Å². The Morgan fingerprint density at radius 1 is 1.43 bits per heavy atom. The monoisotopic (exact) mass is 287 g/mol. The molecule has 1 aliphatic rings. The fourth-order valence-electron chi connectivity index (χ4n) is 2.63. The summed E-state index contributed by atoms with van der Waals surface area (Å²) in [5.41, 5.74) is 0.677. The second kappa shape index (κ2) is 5.01. The summed E-state index contributed by atoms with van der Waals surface area (Å²) in [6.45, 7) is 1.30. The summed E-state index contributed by atoms with van der Waals surface area (Å²) in [6.07, 6.45) is 1.92. The van der Waals surface area contributed by atoms with Gasteiger partial charge in [-0.05, 0) is 24.6 Å². The average Bonchev–Trinajstić information content (AvgIpc) is 2.96. The van der Waals surface area contributed by atoms with Crippen LogP contribution in [0.15, 0.2) is 34.4 Å². The van der Waals surface area contributed by atoms with Gasteiger partial charge in [0.2, 0.25) is 5.43 Å². The van der Waals surface area contributed by atoms with Crippen molar-refractivity contribution in [3.8, 4) is 0 Å². The summed E-state index contributed by atoms with van der Waals surface area (Å²) in [5, 5.41) is 12.3. The molecule has 2 N–H and O–H groups in total. The van der Waals surface area contributed by atoms with Gasteiger partial charge in [0, 0.05) is 30.4 Å². The van der Waals surface area contributed by atoms with Crippen molar-refractivity contribution < 1.29 is 9.90 Å². The lowest BCUT2D eigenvalue weighted by atomic mass is 10.1. The van der Waals surface area contributed by atoms with E-state index in [0.717, 1.165) is 18.7 Å². The van der Waals surface area contributed by atoms with Crippen molar-refractivity contribution in [2.24, 2.45) is 5.18 Å². The number of carbonyl (C=O) groups is 1. The van der Waals surface area contributed by atoms with E-state index in [1.165, 1.54) is 6.20 Å². The van der Waals surface area contributed by atoms with Crippen LogP contribution in [0.3, 0.4) is 0 Å². The molecule has 0 radical (unpaired) electrons. The van der Waals surface area contributed by atoms with Crippen LogP contribution in [0.4, 0.5) is 5.69 Å². The Bertz CT molecular complexity index is 783. The molecule has 1 unspecified atom stereocenters. The molecule has 1 aromatic carbocycles. The van der Waals surface area contributed by atoms with Crippen molar-refractivity contribution in [1.82, 2.24) is 4.98 Å². The highest BCUT2D eigenvalue weighted by atomic mass is 16.4. The Kier molecular flexibility index (Phi) is 3.17. The molecule has 1 saturated heterocycles. The smallest absolute Gasteiger partial charge is 0.341 e. The molecule has 1 aromatic heterocycles. The minimum Gasteiger partial charge on any atom is -0.477 e. The van der Waals surface area contributed by atoms with Crippen LogP contribution in [-0.2, 0) is 0 Å². The van der Waals surface area contributed by atoms with E-state index in [1.54, 1.807) is 18.2 Å². The zero-order valence-electron chi connectivity index (χ0n) is 11.1. The SMILES string of the molecule is O=NC1CCN(c2ccc3c(=O)c(C(=O)O)c[nH]c3c2)C1. The summed E-state index contributed by atoms with van der Waals surface area (Å²) in [5.74, 6) is -1.25. The molecule has 0 aliphatic carbocycles. The number of carboxylic acid groups (broad SMARTS) is 1. The van der Waals surface area contributed by atoms with Gasteiger partial charge in [0.15, 0.2) is 0 Å². The van der Waals surface area contributed by atoms with Gasteiger partial charge >= 0.3 is 5.97 Å². The van der Waals surface area contributed by atoms with E-state index in [0.29, 0.717) is 17.4 Å². The van der Waals surface area contributed by atoms with E-state index < -0.39 is 11.4 Å². The quantitative estimate of drug-likeness (QED) is 0.834. The van der Waals surface area contributed by atoms with Crippen LogP contribution in [0.2, 0.25) is 0 Å². The topological polar surface area (TPSA) is 103 Å². The maximum Gasteiger partial charge on any atom is 0.341 e. The molecular formula is C14H13N3O4.